The van der Waals surface area contributed by atoms with Crippen molar-refractivity contribution in [3.63, 3.8) is 0 Å². The van der Waals surface area contributed by atoms with Gasteiger partial charge in [0, 0.05) is 0 Å². The Morgan fingerprint density at radius 3 is 1.03 bits per heavy atom. The molecule has 0 saturated carbocycles. The zero-order valence-corrected chi connectivity index (χ0v) is 26.6. The van der Waals surface area contributed by atoms with Gasteiger partial charge in [0.25, 0.3) is 0 Å². The molecule has 0 aliphatic heterocycles. The van der Waals surface area contributed by atoms with E-state index in [9.17, 15) is 0 Å². The van der Waals surface area contributed by atoms with Crippen LogP contribution in [0.1, 0.15) is 18.1 Å². The first kappa shape index (κ1) is 26.2. The SMILES string of the molecule is C[CH2][Sn]([C]#Cc1ccccc1)([C]#Cc1ccccc1)[Ge]([c]1ccccc1)([c]1ccccc1)[c]1ccccc1. The Morgan fingerprint density at radius 2 is 0.737 bits per heavy atom. The summed E-state index contributed by atoms with van der Waals surface area (Å²) in [5.41, 5.74) is 2.13. The van der Waals surface area contributed by atoms with E-state index in [1.54, 1.807) is 0 Å². The molecule has 38 heavy (non-hydrogen) atoms. The van der Waals surface area contributed by atoms with Crippen LogP contribution in [0.3, 0.4) is 0 Å². The van der Waals surface area contributed by atoms with Crippen molar-refractivity contribution in [2.45, 2.75) is 11.4 Å². The van der Waals surface area contributed by atoms with Gasteiger partial charge in [-0.3, -0.25) is 0 Å². The zero-order valence-electron chi connectivity index (χ0n) is 21.6. The Balaban J connectivity index is 1.93. The Hall–Kier alpha value is -3.44. The summed E-state index contributed by atoms with van der Waals surface area (Å²) in [6.45, 7) is 2.35. The molecule has 5 aromatic carbocycles. The second-order valence-corrected chi connectivity index (χ2v) is 47.9. The molecule has 0 amide bonds. The van der Waals surface area contributed by atoms with E-state index in [1.165, 1.54) is 13.2 Å². The second kappa shape index (κ2) is 12.4. The Morgan fingerprint density at radius 1 is 0.447 bits per heavy atom. The molecule has 5 aromatic rings. The molecular weight excluding hydrogens is 624 g/mol. The van der Waals surface area contributed by atoms with Crippen LogP contribution in [0.15, 0.2) is 152 Å². The van der Waals surface area contributed by atoms with Crippen molar-refractivity contribution in [3.8, 4) is 19.7 Å². The normalized spacial score (nSPS) is 11.0. The van der Waals surface area contributed by atoms with Crippen LogP contribution < -0.4 is 13.2 Å². The Bertz CT molecular complexity index is 1420. The topological polar surface area (TPSA) is 0 Å². The summed E-state index contributed by atoms with van der Waals surface area (Å²) in [6, 6.07) is 54.6. The quantitative estimate of drug-likeness (QED) is 0.164. The Labute approximate surface area is 231 Å². The van der Waals surface area contributed by atoms with Gasteiger partial charge < -0.3 is 0 Å². The molecule has 0 atom stereocenters. The summed E-state index contributed by atoms with van der Waals surface area (Å²) in [7, 11) is -3.42. The maximum absolute atomic E-state index is 4.08. The predicted octanol–water partition coefficient (Wildman–Crippen LogP) is 5.89. The molecule has 0 nitrogen and oxygen atoms in total. The first-order valence-corrected chi connectivity index (χ1v) is 29.6. The van der Waals surface area contributed by atoms with Crippen molar-refractivity contribution in [1.82, 2.24) is 0 Å². The summed E-state index contributed by atoms with van der Waals surface area (Å²) in [4.78, 5) is 0. The van der Waals surface area contributed by atoms with E-state index in [-0.39, 0.29) is 0 Å². The zero-order chi connectivity index (χ0) is 26.1. The van der Waals surface area contributed by atoms with Crippen LogP contribution in [0.25, 0.3) is 0 Å². The van der Waals surface area contributed by atoms with Crippen LogP contribution in [-0.2, 0) is 0 Å². The van der Waals surface area contributed by atoms with Crippen LogP contribution in [0.5, 0.6) is 0 Å². The minimum absolute atomic E-state index is 1.02. The van der Waals surface area contributed by atoms with E-state index in [1.807, 2.05) is 0 Å². The van der Waals surface area contributed by atoms with Gasteiger partial charge in [0.15, 0.2) is 0 Å². The van der Waals surface area contributed by atoms with Crippen molar-refractivity contribution in [3.05, 3.63) is 163 Å². The third-order valence-corrected chi connectivity index (χ3v) is 63.9. The molecule has 0 N–H and O–H groups in total. The average Bonchev–Trinajstić information content (AvgIpc) is 3.01. The fourth-order valence-corrected chi connectivity index (χ4v) is 64.6. The Kier molecular flexibility index (Phi) is 8.55. The average molecular weight is 654 g/mol. The van der Waals surface area contributed by atoms with Crippen LogP contribution >= 0.6 is 0 Å². The third-order valence-electron chi connectivity index (χ3n) is 7.18. The maximum atomic E-state index is 4.08. The second-order valence-electron chi connectivity index (χ2n) is 9.34. The van der Waals surface area contributed by atoms with Crippen LogP contribution in [0.2, 0.25) is 4.44 Å². The van der Waals surface area contributed by atoms with Crippen molar-refractivity contribution < 1.29 is 0 Å². The number of hydrogen-bond donors (Lipinski definition) is 0. The van der Waals surface area contributed by atoms with Gasteiger partial charge >= 0.3 is 233 Å². The summed E-state index contributed by atoms with van der Waals surface area (Å²) in [6.07, 6.45) is 0. The summed E-state index contributed by atoms with van der Waals surface area (Å²) >= 11 is -3.75. The number of rotatable bonds is 5. The molecule has 0 aromatic heterocycles. The molecule has 182 valence electrons. The van der Waals surface area contributed by atoms with Crippen LogP contribution in [0.4, 0.5) is 0 Å². The molecule has 0 aliphatic carbocycles. The number of hydrogen-bond acceptors (Lipinski definition) is 0. The van der Waals surface area contributed by atoms with Crippen molar-refractivity contribution >= 4 is 39.2 Å². The number of benzene rings is 5. The molecule has 5 rings (SSSR count). The summed E-state index contributed by atoms with van der Waals surface area (Å²) in [5, 5.41) is 0. The van der Waals surface area contributed by atoms with Gasteiger partial charge in [0.1, 0.15) is 0 Å². The monoisotopic (exact) mass is 656 g/mol. The first-order valence-electron chi connectivity index (χ1n) is 13.1. The molecule has 0 fully saturated rings. The van der Waals surface area contributed by atoms with Crippen molar-refractivity contribution in [1.29, 1.82) is 0 Å². The fraction of sp³-hybridized carbons (Fsp3) is 0.0556. The van der Waals surface area contributed by atoms with Crippen molar-refractivity contribution in [2.75, 3.05) is 0 Å². The van der Waals surface area contributed by atoms with Crippen LogP contribution in [-0.4, -0.2) is 26.0 Å². The van der Waals surface area contributed by atoms with Gasteiger partial charge in [-0.15, -0.1) is 0 Å². The molecule has 0 radical (unpaired) electrons. The molecule has 0 saturated heterocycles. The molecular formula is C36H30GeSn. The van der Waals surface area contributed by atoms with Gasteiger partial charge in [-0.25, -0.2) is 0 Å². The standard InChI is InChI=1S/C18H15Ge.2C8H5.C2H5.Sn/c1-4-10-16(11-5-1)19(17-12-6-2-7-13-17)18-14-8-3-9-15-18;2*1-2-8-6-4-3-5-7-8;1-2;/h1-15H;2*3-7H;1H2,2H3;. The fourth-order valence-electron chi connectivity index (χ4n) is 5.37. The van der Waals surface area contributed by atoms with Gasteiger partial charge in [-0.2, -0.15) is 0 Å². The third kappa shape index (κ3) is 5.26. The molecule has 0 spiro atoms. The minimum atomic E-state index is -3.75. The van der Waals surface area contributed by atoms with E-state index in [0.29, 0.717) is 0 Å². The van der Waals surface area contributed by atoms with E-state index in [2.05, 4.69) is 178 Å². The van der Waals surface area contributed by atoms with Gasteiger partial charge in [-0.1, -0.05) is 0 Å². The first-order chi connectivity index (χ1) is 18.8. The predicted molar refractivity (Wildman–Crippen MR) is 167 cm³/mol. The van der Waals surface area contributed by atoms with E-state index < -0.39 is 26.0 Å². The molecule has 2 heteroatoms. The van der Waals surface area contributed by atoms with Gasteiger partial charge in [-0.05, 0) is 0 Å². The van der Waals surface area contributed by atoms with Gasteiger partial charge in [0.05, 0.1) is 0 Å². The van der Waals surface area contributed by atoms with Crippen LogP contribution in [0, 0.1) is 19.7 Å². The van der Waals surface area contributed by atoms with Gasteiger partial charge in [0.2, 0.25) is 0 Å². The summed E-state index contributed by atoms with van der Waals surface area (Å²) in [5.74, 6) is 7.35. The molecule has 0 heterocycles. The van der Waals surface area contributed by atoms with E-state index in [4.69, 9.17) is 0 Å². The molecule has 0 aliphatic rings. The van der Waals surface area contributed by atoms with E-state index in [0.717, 1.165) is 15.6 Å². The van der Waals surface area contributed by atoms with E-state index >= 15 is 0 Å². The molecule has 0 bridgehead atoms. The van der Waals surface area contributed by atoms with Crippen molar-refractivity contribution in [2.24, 2.45) is 0 Å². The summed E-state index contributed by atoms with van der Waals surface area (Å²) < 4.78 is 13.5. The molecule has 0 unspecified atom stereocenters.